The summed E-state index contributed by atoms with van der Waals surface area (Å²) in [5, 5.41) is 0. The Morgan fingerprint density at radius 2 is 0.405 bits per heavy atom. The van der Waals surface area contributed by atoms with Crippen molar-refractivity contribution < 1.29 is 0 Å². The zero-order chi connectivity index (χ0) is 26.9. The quantitative estimate of drug-likeness (QED) is 0.0754. The van der Waals surface area contributed by atoms with Gasteiger partial charge in [-0.3, -0.25) is 0 Å². The summed E-state index contributed by atoms with van der Waals surface area (Å²) < 4.78 is 0. The van der Waals surface area contributed by atoms with Crippen LogP contribution in [0.2, 0.25) is 0 Å². The number of hydrogen-bond acceptors (Lipinski definition) is 0. The molecule has 0 spiro atoms. The molecule has 37 heavy (non-hydrogen) atoms. The molecular weight excluding hydrogens is 444 g/mol. The maximum absolute atomic E-state index is 2.50. The second-order valence-corrected chi connectivity index (χ2v) is 12.9. The second kappa shape index (κ2) is 34.0. The molecule has 1 atom stereocenters. The monoisotopic (exact) mass is 521 g/mol. The summed E-state index contributed by atoms with van der Waals surface area (Å²) in [4.78, 5) is 0. The van der Waals surface area contributed by atoms with Gasteiger partial charge in [0, 0.05) is 0 Å². The van der Waals surface area contributed by atoms with Gasteiger partial charge < -0.3 is 0 Å². The van der Waals surface area contributed by atoms with E-state index in [0.29, 0.717) is 0 Å². The average Bonchev–Trinajstić information content (AvgIpc) is 2.90. The van der Waals surface area contributed by atoms with E-state index in [1.54, 1.807) is 0 Å². The van der Waals surface area contributed by atoms with Crippen molar-refractivity contribution in [2.75, 3.05) is 0 Å². The molecule has 0 aromatic rings. The minimum atomic E-state index is 0.967. The zero-order valence-electron chi connectivity index (χ0n) is 26.9. The van der Waals surface area contributed by atoms with E-state index in [-0.39, 0.29) is 0 Å². The standard InChI is InChI=1S/C37H76/c1-4-6-8-10-12-14-16-17-18-19-20-21-22-23-24-25-26-28-30-32-34-36-37(3)35-33-31-29-27-15-13-11-9-7-5-2/h37H,4-36H2,1-3H3. The lowest BCUT2D eigenvalue weighted by molar-refractivity contribution is 0.429. The Balaban J connectivity index is 3.11. The predicted molar refractivity (Wildman–Crippen MR) is 173 cm³/mol. The molecule has 0 heterocycles. The van der Waals surface area contributed by atoms with Crippen LogP contribution >= 0.6 is 0 Å². The van der Waals surface area contributed by atoms with E-state index in [2.05, 4.69) is 20.8 Å². The first-order valence-electron chi connectivity index (χ1n) is 18.3. The molecule has 0 nitrogen and oxygen atoms in total. The van der Waals surface area contributed by atoms with Crippen LogP contribution in [0.3, 0.4) is 0 Å². The van der Waals surface area contributed by atoms with Crippen molar-refractivity contribution in [3.8, 4) is 0 Å². The van der Waals surface area contributed by atoms with Crippen molar-refractivity contribution in [1.29, 1.82) is 0 Å². The molecule has 224 valence electrons. The second-order valence-electron chi connectivity index (χ2n) is 12.9. The lowest BCUT2D eigenvalue weighted by Gasteiger charge is -2.11. The van der Waals surface area contributed by atoms with Crippen molar-refractivity contribution in [3.05, 3.63) is 0 Å². The zero-order valence-corrected chi connectivity index (χ0v) is 26.9. The first kappa shape index (κ1) is 37.0. The summed E-state index contributed by atoms with van der Waals surface area (Å²) in [6, 6.07) is 0. The van der Waals surface area contributed by atoms with Crippen LogP contribution in [0.4, 0.5) is 0 Å². The molecule has 0 aliphatic heterocycles. The summed E-state index contributed by atoms with van der Waals surface area (Å²) in [7, 11) is 0. The first-order chi connectivity index (χ1) is 18.3. The SMILES string of the molecule is CCCCCCCCCCCCCCCCCCCCCCCC(C)CCCCCCCCCCCC. The largest absolute Gasteiger partial charge is 0.0654 e. The third-order valence-electron chi connectivity index (χ3n) is 8.85. The van der Waals surface area contributed by atoms with E-state index in [1.165, 1.54) is 212 Å². The van der Waals surface area contributed by atoms with E-state index in [0.717, 1.165) is 5.92 Å². The van der Waals surface area contributed by atoms with E-state index < -0.39 is 0 Å². The molecule has 0 aromatic carbocycles. The van der Waals surface area contributed by atoms with Gasteiger partial charge in [-0.1, -0.05) is 233 Å². The van der Waals surface area contributed by atoms with Gasteiger partial charge in [-0.25, -0.2) is 0 Å². The molecule has 0 fully saturated rings. The van der Waals surface area contributed by atoms with Crippen molar-refractivity contribution in [2.45, 2.75) is 233 Å². The fourth-order valence-corrected chi connectivity index (χ4v) is 6.05. The van der Waals surface area contributed by atoms with E-state index in [1.807, 2.05) is 0 Å². The lowest BCUT2D eigenvalue weighted by Crippen LogP contribution is -1.95. The maximum Gasteiger partial charge on any atom is -0.0443 e. The number of rotatable bonds is 33. The van der Waals surface area contributed by atoms with Crippen LogP contribution in [0.1, 0.15) is 233 Å². The normalized spacial score (nSPS) is 12.4. The van der Waals surface area contributed by atoms with Gasteiger partial charge in [-0.05, 0) is 5.92 Å². The Bertz CT molecular complexity index is 372. The molecular formula is C37H76. The van der Waals surface area contributed by atoms with Crippen LogP contribution in [0.5, 0.6) is 0 Å². The Labute approximate surface area is 238 Å². The molecule has 0 N–H and O–H groups in total. The van der Waals surface area contributed by atoms with Gasteiger partial charge in [0.15, 0.2) is 0 Å². The van der Waals surface area contributed by atoms with E-state index in [4.69, 9.17) is 0 Å². The summed E-state index contributed by atoms with van der Waals surface area (Å²) in [6.07, 6.45) is 48.7. The first-order valence-corrected chi connectivity index (χ1v) is 18.3. The lowest BCUT2D eigenvalue weighted by atomic mass is 9.95. The third kappa shape index (κ3) is 34.0. The van der Waals surface area contributed by atoms with Crippen molar-refractivity contribution in [3.63, 3.8) is 0 Å². The summed E-state index contributed by atoms with van der Waals surface area (Å²) in [5.41, 5.74) is 0. The Hall–Kier alpha value is 0. The van der Waals surface area contributed by atoms with Crippen LogP contribution in [-0.4, -0.2) is 0 Å². The molecule has 0 radical (unpaired) electrons. The number of hydrogen-bond donors (Lipinski definition) is 0. The maximum atomic E-state index is 2.50. The highest BCUT2D eigenvalue weighted by molar-refractivity contribution is 4.56. The summed E-state index contributed by atoms with van der Waals surface area (Å²) in [5.74, 6) is 0.967. The molecule has 0 bridgehead atoms. The Kier molecular flexibility index (Phi) is 34.0. The van der Waals surface area contributed by atoms with Gasteiger partial charge in [-0.2, -0.15) is 0 Å². The van der Waals surface area contributed by atoms with Crippen molar-refractivity contribution in [2.24, 2.45) is 5.92 Å². The topological polar surface area (TPSA) is 0 Å². The fraction of sp³-hybridized carbons (Fsp3) is 1.00. The molecule has 1 unspecified atom stereocenters. The van der Waals surface area contributed by atoms with Crippen molar-refractivity contribution in [1.82, 2.24) is 0 Å². The van der Waals surface area contributed by atoms with Gasteiger partial charge in [0.1, 0.15) is 0 Å². The molecule has 0 heteroatoms. The van der Waals surface area contributed by atoms with Gasteiger partial charge in [0.25, 0.3) is 0 Å². The fourth-order valence-electron chi connectivity index (χ4n) is 6.05. The van der Waals surface area contributed by atoms with Gasteiger partial charge in [0.2, 0.25) is 0 Å². The highest BCUT2D eigenvalue weighted by Gasteiger charge is 2.02. The third-order valence-corrected chi connectivity index (χ3v) is 8.85. The average molecular weight is 521 g/mol. The molecule has 0 amide bonds. The van der Waals surface area contributed by atoms with Gasteiger partial charge >= 0.3 is 0 Å². The van der Waals surface area contributed by atoms with Crippen LogP contribution in [0.15, 0.2) is 0 Å². The predicted octanol–water partition coefficient (Wildman–Crippen LogP) is 14.5. The summed E-state index contributed by atoms with van der Waals surface area (Å²) in [6.45, 7) is 7.12. The summed E-state index contributed by atoms with van der Waals surface area (Å²) >= 11 is 0. The van der Waals surface area contributed by atoms with Crippen LogP contribution in [0, 0.1) is 5.92 Å². The van der Waals surface area contributed by atoms with Crippen LogP contribution in [0.25, 0.3) is 0 Å². The van der Waals surface area contributed by atoms with E-state index in [9.17, 15) is 0 Å². The van der Waals surface area contributed by atoms with Crippen LogP contribution < -0.4 is 0 Å². The molecule has 0 aliphatic rings. The molecule has 0 saturated heterocycles. The van der Waals surface area contributed by atoms with Crippen molar-refractivity contribution >= 4 is 0 Å². The minimum absolute atomic E-state index is 0.967. The van der Waals surface area contributed by atoms with Crippen LogP contribution in [-0.2, 0) is 0 Å². The highest BCUT2D eigenvalue weighted by Crippen LogP contribution is 2.19. The highest BCUT2D eigenvalue weighted by atomic mass is 14.1. The molecule has 0 saturated carbocycles. The van der Waals surface area contributed by atoms with Gasteiger partial charge in [-0.15, -0.1) is 0 Å². The van der Waals surface area contributed by atoms with E-state index >= 15 is 0 Å². The Morgan fingerprint density at radius 3 is 0.595 bits per heavy atom. The van der Waals surface area contributed by atoms with Gasteiger partial charge in [0.05, 0.1) is 0 Å². The molecule has 0 aliphatic carbocycles. The molecule has 0 rings (SSSR count). The molecule has 0 aromatic heterocycles. The smallest absolute Gasteiger partial charge is 0.0443 e. The minimum Gasteiger partial charge on any atom is -0.0654 e. The number of unbranched alkanes of at least 4 members (excludes halogenated alkanes) is 29. The Morgan fingerprint density at radius 1 is 0.243 bits per heavy atom.